The van der Waals surface area contributed by atoms with Crippen LogP contribution in [0.15, 0.2) is 49.1 Å². The standard InChI is InChI=1S/C24H23F3N4O4/c1-34-21-10-17(11-22(35-2)23(21)20(33)5-6-24(25,26)27)31-14-28-18-9-15(3-4-19(18)31)16-12-29-30(13-16)7-8-32/h3-4,9-14,32H,5-8H2,1-2H3. The monoisotopic (exact) mass is 488 g/mol. The molecule has 0 aliphatic heterocycles. The number of nitrogens with zero attached hydrogens (tertiary/aromatic N) is 4. The van der Waals surface area contributed by atoms with Gasteiger partial charge in [0.2, 0.25) is 0 Å². The zero-order chi connectivity index (χ0) is 25.2. The number of imidazole rings is 1. The molecule has 0 aliphatic carbocycles. The fourth-order valence-electron chi connectivity index (χ4n) is 3.83. The molecule has 8 nitrogen and oxygen atoms in total. The first-order chi connectivity index (χ1) is 16.7. The molecule has 0 aliphatic rings. The Kier molecular flexibility index (Phi) is 6.79. The van der Waals surface area contributed by atoms with E-state index in [-0.39, 0.29) is 23.7 Å². The van der Waals surface area contributed by atoms with Gasteiger partial charge in [-0.05, 0) is 17.7 Å². The number of carbonyl (C=O) groups excluding carboxylic acids is 1. The first kappa shape index (κ1) is 24.3. The first-order valence-corrected chi connectivity index (χ1v) is 10.7. The second-order valence-electron chi connectivity index (χ2n) is 7.80. The number of ether oxygens (including phenoxy) is 2. The molecule has 11 heteroatoms. The minimum atomic E-state index is -4.44. The van der Waals surface area contributed by atoms with Gasteiger partial charge in [0.25, 0.3) is 0 Å². The van der Waals surface area contributed by atoms with Gasteiger partial charge in [0.05, 0.1) is 56.7 Å². The lowest BCUT2D eigenvalue weighted by molar-refractivity contribution is -0.133. The third-order valence-corrected chi connectivity index (χ3v) is 5.53. The van der Waals surface area contributed by atoms with E-state index in [1.54, 1.807) is 33.9 Å². The molecule has 0 atom stereocenters. The highest BCUT2D eigenvalue weighted by atomic mass is 19.4. The Hall–Kier alpha value is -3.86. The smallest absolute Gasteiger partial charge is 0.389 e. The Morgan fingerprint density at radius 3 is 2.43 bits per heavy atom. The van der Waals surface area contributed by atoms with E-state index in [0.717, 1.165) is 16.6 Å². The van der Waals surface area contributed by atoms with Crippen molar-refractivity contribution in [3.05, 3.63) is 54.6 Å². The molecule has 2 aromatic carbocycles. The molecule has 1 N–H and O–H groups in total. The van der Waals surface area contributed by atoms with Crippen LogP contribution < -0.4 is 9.47 Å². The van der Waals surface area contributed by atoms with Crippen molar-refractivity contribution < 1.29 is 32.5 Å². The molecule has 0 saturated heterocycles. The van der Waals surface area contributed by atoms with Crippen molar-refractivity contribution in [1.29, 1.82) is 0 Å². The van der Waals surface area contributed by atoms with Crippen LogP contribution in [0.5, 0.6) is 11.5 Å². The summed E-state index contributed by atoms with van der Waals surface area (Å²) in [6, 6.07) is 8.82. The molecule has 0 amide bonds. The largest absolute Gasteiger partial charge is 0.496 e. The zero-order valence-corrected chi connectivity index (χ0v) is 19.0. The van der Waals surface area contributed by atoms with E-state index < -0.39 is 24.8 Å². The van der Waals surface area contributed by atoms with Crippen LogP contribution in [-0.4, -0.2) is 57.2 Å². The van der Waals surface area contributed by atoms with Crippen molar-refractivity contribution in [3.63, 3.8) is 0 Å². The van der Waals surface area contributed by atoms with Crippen molar-refractivity contribution in [2.24, 2.45) is 0 Å². The summed E-state index contributed by atoms with van der Waals surface area (Å²) in [5, 5.41) is 13.3. The van der Waals surface area contributed by atoms with Crippen LogP contribution in [-0.2, 0) is 6.54 Å². The molecule has 35 heavy (non-hydrogen) atoms. The minimum Gasteiger partial charge on any atom is -0.496 e. The lowest BCUT2D eigenvalue weighted by atomic mass is 10.0. The van der Waals surface area contributed by atoms with Crippen LogP contribution in [0.1, 0.15) is 23.2 Å². The van der Waals surface area contributed by atoms with Crippen LogP contribution in [0.25, 0.3) is 27.8 Å². The summed E-state index contributed by atoms with van der Waals surface area (Å²) in [5.41, 5.74) is 3.76. The quantitative estimate of drug-likeness (QED) is 0.351. The Bertz CT molecular complexity index is 1340. The molecule has 2 aromatic heterocycles. The van der Waals surface area contributed by atoms with Crippen LogP contribution in [0.4, 0.5) is 13.2 Å². The summed E-state index contributed by atoms with van der Waals surface area (Å²) < 4.78 is 52.0. The van der Waals surface area contributed by atoms with Crippen molar-refractivity contribution in [3.8, 4) is 28.3 Å². The van der Waals surface area contributed by atoms with Gasteiger partial charge in [-0.3, -0.25) is 14.0 Å². The van der Waals surface area contributed by atoms with Crippen molar-refractivity contribution >= 4 is 16.8 Å². The molecule has 0 unspecified atom stereocenters. The summed E-state index contributed by atoms with van der Waals surface area (Å²) in [6.45, 7) is 0.388. The number of aliphatic hydroxyl groups is 1. The molecule has 0 bridgehead atoms. The number of aliphatic hydroxyl groups excluding tert-OH is 1. The maximum Gasteiger partial charge on any atom is 0.389 e. The summed E-state index contributed by atoms with van der Waals surface area (Å²) in [6.07, 6.45) is -1.24. The number of hydrogen-bond donors (Lipinski definition) is 1. The van der Waals surface area contributed by atoms with E-state index in [0.29, 0.717) is 17.7 Å². The lowest BCUT2D eigenvalue weighted by Gasteiger charge is -2.16. The Balaban J connectivity index is 1.70. The fourth-order valence-corrected chi connectivity index (χ4v) is 3.83. The minimum absolute atomic E-state index is 0.00972. The number of ketones is 1. The van der Waals surface area contributed by atoms with Gasteiger partial charge >= 0.3 is 6.18 Å². The number of rotatable bonds is 9. The average Bonchev–Trinajstić information content (AvgIpc) is 3.48. The number of aromatic nitrogens is 4. The molecular formula is C24H23F3N4O4. The molecule has 4 aromatic rings. The second kappa shape index (κ2) is 9.79. The van der Waals surface area contributed by atoms with Crippen LogP contribution in [0, 0.1) is 0 Å². The van der Waals surface area contributed by atoms with Crippen LogP contribution >= 0.6 is 0 Å². The van der Waals surface area contributed by atoms with Crippen LogP contribution in [0.3, 0.4) is 0 Å². The number of halogens is 3. The Morgan fingerprint density at radius 2 is 1.80 bits per heavy atom. The summed E-state index contributed by atoms with van der Waals surface area (Å²) >= 11 is 0. The third-order valence-electron chi connectivity index (χ3n) is 5.53. The van der Waals surface area contributed by atoms with Gasteiger partial charge in [0.15, 0.2) is 5.78 Å². The Labute approximate surface area is 198 Å². The highest BCUT2D eigenvalue weighted by molar-refractivity contribution is 6.02. The van der Waals surface area contributed by atoms with Gasteiger partial charge < -0.3 is 14.6 Å². The number of benzene rings is 2. The van der Waals surface area contributed by atoms with Gasteiger partial charge in [0, 0.05) is 30.3 Å². The average molecular weight is 488 g/mol. The normalized spacial score (nSPS) is 11.7. The SMILES string of the molecule is COc1cc(-n2cnc3cc(-c4cnn(CCO)c4)ccc32)cc(OC)c1C(=O)CCC(F)(F)F. The maximum atomic E-state index is 12.6. The molecule has 184 valence electrons. The maximum absolute atomic E-state index is 12.6. The summed E-state index contributed by atoms with van der Waals surface area (Å²) in [4.78, 5) is 17.0. The number of alkyl halides is 3. The summed E-state index contributed by atoms with van der Waals surface area (Å²) in [5.74, 6) is -0.493. The van der Waals surface area contributed by atoms with E-state index in [2.05, 4.69) is 10.1 Å². The highest BCUT2D eigenvalue weighted by Gasteiger charge is 2.30. The molecule has 0 spiro atoms. The summed E-state index contributed by atoms with van der Waals surface area (Å²) in [7, 11) is 2.68. The predicted molar refractivity (Wildman–Crippen MR) is 122 cm³/mol. The van der Waals surface area contributed by atoms with E-state index in [1.807, 2.05) is 24.4 Å². The predicted octanol–water partition coefficient (Wildman–Crippen LogP) is 4.42. The molecule has 0 saturated carbocycles. The molecule has 0 radical (unpaired) electrons. The van der Waals surface area contributed by atoms with E-state index >= 15 is 0 Å². The van der Waals surface area contributed by atoms with Crippen LogP contribution in [0.2, 0.25) is 0 Å². The van der Waals surface area contributed by atoms with Gasteiger partial charge in [-0.1, -0.05) is 6.07 Å². The zero-order valence-electron chi connectivity index (χ0n) is 19.0. The fraction of sp³-hybridized carbons (Fsp3) is 0.292. The van der Waals surface area contributed by atoms with Gasteiger partial charge in [-0.2, -0.15) is 18.3 Å². The topological polar surface area (TPSA) is 91.4 Å². The lowest BCUT2D eigenvalue weighted by Crippen LogP contribution is -2.13. The van der Waals surface area contributed by atoms with E-state index in [1.165, 1.54) is 14.2 Å². The molecular weight excluding hydrogens is 465 g/mol. The van der Waals surface area contributed by atoms with Gasteiger partial charge in [-0.15, -0.1) is 0 Å². The number of carbonyl (C=O) groups is 1. The first-order valence-electron chi connectivity index (χ1n) is 10.7. The van der Waals surface area contributed by atoms with Crippen molar-refractivity contribution in [1.82, 2.24) is 19.3 Å². The molecule has 0 fully saturated rings. The van der Waals surface area contributed by atoms with Gasteiger partial charge in [0.1, 0.15) is 23.4 Å². The second-order valence-corrected chi connectivity index (χ2v) is 7.80. The third kappa shape index (κ3) is 5.14. The van der Waals surface area contributed by atoms with Crippen molar-refractivity contribution in [2.75, 3.05) is 20.8 Å². The number of hydrogen-bond acceptors (Lipinski definition) is 6. The molecule has 2 heterocycles. The van der Waals surface area contributed by atoms with Gasteiger partial charge in [-0.25, -0.2) is 4.98 Å². The molecule has 4 rings (SSSR count). The van der Waals surface area contributed by atoms with Crippen molar-refractivity contribution in [2.45, 2.75) is 25.6 Å². The number of Topliss-reactive ketones (excluding diaryl/α,β-unsaturated/α-hetero) is 1. The highest BCUT2D eigenvalue weighted by Crippen LogP contribution is 2.36. The number of fused-ring (bicyclic) bond motifs is 1. The Morgan fingerprint density at radius 1 is 1.09 bits per heavy atom. The number of methoxy groups -OCH3 is 2. The van der Waals surface area contributed by atoms with E-state index in [9.17, 15) is 18.0 Å². The van der Waals surface area contributed by atoms with E-state index in [4.69, 9.17) is 14.6 Å².